The van der Waals surface area contributed by atoms with Gasteiger partial charge in [-0.15, -0.1) is 11.3 Å². The lowest BCUT2D eigenvalue weighted by atomic mass is 10.2. The Morgan fingerprint density at radius 2 is 2.47 bits per heavy atom. The molecule has 1 aliphatic rings. The highest BCUT2D eigenvalue weighted by Crippen LogP contribution is 2.20. The van der Waals surface area contributed by atoms with Crippen LogP contribution in [0.1, 0.15) is 18.7 Å². The van der Waals surface area contributed by atoms with Crippen molar-refractivity contribution in [3.8, 4) is 0 Å². The number of anilines is 1. The Bertz CT molecular complexity index is 328. The second kappa shape index (κ2) is 4.47. The molecule has 0 radical (unpaired) electrons. The summed E-state index contributed by atoms with van der Waals surface area (Å²) < 4.78 is 5.58. The van der Waals surface area contributed by atoms with E-state index in [2.05, 4.69) is 23.7 Å². The van der Waals surface area contributed by atoms with Crippen LogP contribution in [0.2, 0.25) is 0 Å². The van der Waals surface area contributed by atoms with Gasteiger partial charge in [0.15, 0.2) is 5.13 Å². The fourth-order valence-corrected chi connectivity index (χ4v) is 2.50. The van der Waals surface area contributed by atoms with Crippen LogP contribution in [0.5, 0.6) is 0 Å². The lowest BCUT2D eigenvalue weighted by Gasteiger charge is -2.36. The summed E-state index contributed by atoms with van der Waals surface area (Å²) in [6.45, 7) is 7.04. The van der Waals surface area contributed by atoms with Crippen LogP contribution in [-0.2, 0) is 11.3 Å². The van der Waals surface area contributed by atoms with Crippen LogP contribution in [0, 0.1) is 0 Å². The molecule has 2 rings (SSSR count). The predicted molar refractivity (Wildman–Crippen MR) is 61.8 cm³/mol. The van der Waals surface area contributed by atoms with E-state index in [1.807, 2.05) is 6.20 Å². The molecule has 1 fully saturated rings. The fraction of sp³-hybridized carbons (Fsp3) is 0.700. The van der Waals surface area contributed by atoms with Crippen molar-refractivity contribution in [2.45, 2.75) is 32.5 Å². The number of nitrogen functional groups attached to an aromatic ring is 1. The van der Waals surface area contributed by atoms with Crippen LogP contribution < -0.4 is 5.73 Å². The topological polar surface area (TPSA) is 51.4 Å². The third-order valence-electron chi connectivity index (χ3n) is 2.67. The van der Waals surface area contributed by atoms with E-state index in [0.29, 0.717) is 17.3 Å². The summed E-state index contributed by atoms with van der Waals surface area (Å²) in [5.74, 6) is 0. The molecule has 2 N–H and O–H groups in total. The van der Waals surface area contributed by atoms with Gasteiger partial charge in [-0.05, 0) is 13.8 Å². The van der Waals surface area contributed by atoms with Gasteiger partial charge in [0.25, 0.3) is 0 Å². The first-order valence-corrected chi connectivity index (χ1v) is 6.02. The van der Waals surface area contributed by atoms with Gasteiger partial charge >= 0.3 is 0 Å². The molecule has 0 bridgehead atoms. The summed E-state index contributed by atoms with van der Waals surface area (Å²) in [6, 6.07) is 0.476. The first kappa shape index (κ1) is 10.9. The van der Waals surface area contributed by atoms with Crippen molar-refractivity contribution < 1.29 is 4.74 Å². The summed E-state index contributed by atoms with van der Waals surface area (Å²) in [4.78, 5) is 7.71. The Morgan fingerprint density at radius 1 is 1.67 bits per heavy atom. The highest BCUT2D eigenvalue weighted by Gasteiger charge is 2.23. The highest BCUT2D eigenvalue weighted by molar-refractivity contribution is 7.15. The van der Waals surface area contributed by atoms with Gasteiger partial charge in [-0.1, -0.05) is 0 Å². The van der Waals surface area contributed by atoms with Crippen molar-refractivity contribution in [3.05, 3.63) is 11.1 Å². The van der Waals surface area contributed by atoms with E-state index in [1.165, 1.54) is 4.88 Å². The summed E-state index contributed by atoms with van der Waals surface area (Å²) in [5.41, 5.74) is 5.61. The molecule has 4 nitrogen and oxygen atoms in total. The summed E-state index contributed by atoms with van der Waals surface area (Å²) >= 11 is 1.57. The minimum atomic E-state index is 0.325. The zero-order valence-corrected chi connectivity index (χ0v) is 9.96. The molecule has 2 unspecified atom stereocenters. The van der Waals surface area contributed by atoms with Crippen LogP contribution in [-0.4, -0.2) is 35.2 Å². The van der Waals surface area contributed by atoms with Gasteiger partial charge in [0.1, 0.15) is 0 Å². The van der Waals surface area contributed by atoms with Gasteiger partial charge in [-0.2, -0.15) is 0 Å². The van der Waals surface area contributed by atoms with Gasteiger partial charge in [0.05, 0.1) is 12.7 Å². The van der Waals surface area contributed by atoms with Crippen LogP contribution in [0.15, 0.2) is 6.20 Å². The molecular formula is C10H17N3OS. The number of nitrogens with two attached hydrogens (primary N) is 1. The standard InChI is InChI=1S/C10H17N3OS/c1-7-6-14-8(2)4-13(7)5-9-3-12-10(11)15-9/h3,7-8H,4-6H2,1-2H3,(H2,11,12). The second-order valence-electron chi connectivity index (χ2n) is 4.09. The van der Waals surface area contributed by atoms with Gasteiger partial charge in [0, 0.05) is 30.2 Å². The summed E-state index contributed by atoms with van der Waals surface area (Å²) in [5, 5.41) is 0.652. The van der Waals surface area contributed by atoms with Crippen molar-refractivity contribution >= 4 is 16.5 Å². The Balaban J connectivity index is 1.98. The van der Waals surface area contributed by atoms with Crippen LogP contribution in [0.3, 0.4) is 0 Å². The number of hydrogen-bond donors (Lipinski definition) is 1. The largest absolute Gasteiger partial charge is 0.376 e. The highest BCUT2D eigenvalue weighted by atomic mass is 32.1. The molecule has 0 aliphatic carbocycles. The van der Waals surface area contributed by atoms with Crippen LogP contribution in [0.25, 0.3) is 0 Å². The Hall–Kier alpha value is -0.650. The van der Waals surface area contributed by atoms with Crippen molar-refractivity contribution in [2.75, 3.05) is 18.9 Å². The zero-order valence-electron chi connectivity index (χ0n) is 9.14. The normalized spacial score (nSPS) is 28.1. The van der Waals surface area contributed by atoms with Crippen molar-refractivity contribution in [1.82, 2.24) is 9.88 Å². The zero-order chi connectivity index (χ0) is 10.8. The Morgan fingerprint density at radius 3 is 3.13 bits per heavy atom. The SMILES string of the molecule is CC1CN(Cc2cnc(N)s2)C(C)CO1. The molecule has 0 spiro atoms. The number of thiazole rings is 1. The second-order valence-corrected chi connectivity index (χ2v) is 5.23. The molecule has 5 heteroatoms. The van der Waals surface area contributed by atoms with Gasteiger partial charge in [-0.3, -0.25) is 4.90 Å². The fourth-order valence-electron chi connectivity index (χ4n) is 1.79. The smallest absolute Gasteiger partial charge is 0.180 e. The van der Waals surface area contributed by atoms with Crippen molar-refractivity contribution in [3.63, 3.8) is 0 Å². The van der Waals surface area contributed by atoms with E-state index in [4.69, 9.17) is 10.5 Å². The molecule has 15 heavy (non-hydrogen) atoms. The van der Waals surface area contributed by atoms with E-state index < -0.39 is 0 Å². The van der Waals surface area contributed by atoms with Gasteiger partial charge < -0.3 is 10.5 Å². The minimum absolute atomic E-state index is 0.325. The number of hydrogen-bond acceptors (Lipinski definition) is 5. The number of aromatic nitrogens is 1. The quantitative estimate of drug-likeness (QED) is 0.828. The Kier molecular flexibility index (Phi) is 3.23. The van der Waals surface area contributed by atoms with Crippen LogP contribution >= 0.6 is 11.3 Å². The number of nitrogens with zero attached hydrogens (tertiary/aromatic N) is 2. The lowest BCUT2D eigenvalue weighted by Crippen LogP contribution is -2.46. The summed E-state index contributed by atoms with van der Waals surface area (Å²) in [7, 11) is 0. The van der Waals surface area contributed by atoms with E-state index in [9.17, 15) is 0 Å². The molecule has 1 aliphatic heterocycles. The average Bonchev–Trinajstić information content (AvgIpc) is 2.58. The minimum Gasteiger partial charge on any atom is -0.376 e. The average molecular weight is 227 g/mol. The third-order valence-corrected chi connectivity index (χ3v) is 3.48. The molecule has 0 aromatic carbocycles. The number of morpholine rings is 1. The lowest BCUT2D eigenvalue weighted by molar-refractivity contribution is -0.0523. The molecule has 1 saturated heterocycles. The molecule has 2 atom stereocenters. The van der Waals surface area contributed by atoms with Gasteiger partial charge in [0.2, 0.25) is 0 Å². The molecule has 0 saturated carbocycles. The molecule has 1 aromatic heterocycles. The third kappa shape index (κ3) is 2.68. The van der Waals surface area contributed by atoms with E-state index in [0.717, 1.165) is 19.7 Å². The van der Waals surface area contributed by atoms with Crippen molar-refractivity contribution in [1.29, 1.82) is 0 Å². The molecule has 1 aromatic rings. The number of rotatable bonds is 2. The Labute approximate surface area is 94.1 Å². The number of ether oxygens (including phenoxy) is 1. The maximum Gasteiger partial charge on any atom is 0.180 e. The maximum absolute atomic E-state index is 5.61. The first-order chi connectivity index (χ1) is 7.15. The van der Waals surface area contributed by atoms with Crippen LogP contribution in [0.4, 0.5) is 5.13 Å². The predicted octanol–water partition coefficient (Wildman–Crippen LogP) is 1.33. The van der Waals surface area contributed by atoms with Crippen molar-refractivity contribution in [2.24, 2.45) is 0 Å². The van der Waals surface area contributed by atoms with Gasteiger partial charge in [-0.25, -0.2) is 4.98 Å². The maximum atomic E-state index is 5.61. The molecular weight excluding hydrogens is 210 g/mol. The first-order valence-electron chi connectivity index (χ1n) is 5.21. The molecule has 2 heterocycles. The monoisotopic (exact) mass is 227 g/mol. The summed E-state index contributed by atoms with van der Waals surface area (Å²) in [6.07, 6.45) is 2.19. The molecule has 0 amide bonds. The van der Waals surface area contributed by atoms with E-state index in [1.54, 1.807) is 11.3 Å². The molecule has 84 valence electrons. The van der Waals surface area contributed by atoms with E-state index >= 15 is 0 Å². The van der Waals surface area contributed by atoms with E-state index in [-0.39, 0.29) is 0 Å².